The number of hydrogen-bond donors (Lipinski definition) is 1. The highest BCUT2D eigenvalue weighted by atomic mass is 79.9. The van der Waals surface area contributed by atoms with Gasteiger partial charge in [-0.05, 0) is 45.8 Å². The number of ether oxygens (including phenoxy) is 3. The standard InChI is InChI=1S/C19H22BrN3O4/c1-25-15-10-14(11-16(26-2)18(15)20)19(24)22-12-13-3-4-21-17(9-13)23-5-7-27-8-6-23/h3-4,9-11H,5-8,12H2,1-2H3,(H,22,24). The van der Waals surface area contributed by atoms with E-state index in [2.05, 4.69) is 31.1 Å². The minimum atomic E-state index is -0.205. The van der Waals surface area contributed by atoms with Crippen LogP contribution in [0.2, 0.25) is 0 Å². The first-order valence-corrected chi connectivity index (χ1v) is 9.39. The zero-order chi connectivity index (χ0) is 19.2. The summed E-state index contributed by atoms with van der Waals surface area (Å²) in [7, 11) is 3.09. The van der Waals surface area contributed by atoms with Crippen molar-refractivity contribution in [2.75, 3.05) is 45.4 Å². The molecule has 1 aromatic carbocycles. The molecule has 0 saturated carbocycles. The number of anilines is 1. The molecule has 1 saturated heterocycles. The molecule has 0 radical (unpaired) electrons. The van der Waals surface area contributed by atoms with Gasteiger partial charge in [0.05, 0.1) is 27.4 Å². The molecule has 8 heteroatoms. The molecule has 7 nitrogen and oxygen atoms in total. The number of aromatic nitrogens is 1. The highest BCUT2D eigenvalue weighted by molar-refractivity contribution is 9.10. The maximum absolute atomic E-state index is 12.6. The lowest BCUT2D eigenvalue weighted by atomic mass is 10.1. The Bertz CT molecular complexity index is 784. The average Bonchev–Trinajstić information content (AvgIpc) is 2.73. The molecular weight excluding hydrogens is 414 g/mol. The SMILES string of the molecule is COc1cc(C(=O)NCc2ccnc(N3CCOCC3)c2)cc(OC)c1Br. The van der Waals surface area contributed by atoms with Gasteiger partial charge in [-0.25, -0.2) is 4.98 Å². The Balaban J connectivity index is 1.69. The molecule has 2 heterocycles. The summed E-state index contributed by atoms with van der Waals surface area (Å²) in [5.74, 6) is 1.77. The molecule has 1 aliphatic rings. The first-order valence-electron chi connectivity index (χ1n) is 8.59. The molecule has 3 rings (SSSR count). The predicted octanol–water partition coefficient (Wildman–Crippen LogP) is 2.63. The topological polar surface area (TPSA) is 72.9 Å². The van der Waals surface area contributed by atoms with Gasteiger partial charge >= 0.3 is 0 Å². The van der Waals surface area contributed by atoms with Crippen molar-refractivity contribution in [1.82, 2.24) is 10.3 Å². The van der Waals surface area contributed by atoms with Crippen LogP contribution < -0.4 is 19.7 Å². The number of amides is 1. The molecular formula is C19H22BrN3O4. The van der Waals surface area contributed by atoms with Gasteiger partial charge < -0.3 is 24.4 Å². The Hall–Kier alpha value is -2.32. The minimum absolute atomic E-state index is 0.205. The molecule has 1 amide bonds. The molecule has 0 atom stereocenters. The van der Waals surface area contributed by atoms with Gasteiger partial charge in [-0.15, -0.1) is 0 Å². The lowest BCUT2D eigenvalue weighted by Gasteiger charge is -2.28. The summed E-state index contributed by atoms with van der Waals surface area (Å²) in [6.07, 6.45) is 1.76. The lowest BCUT2D eigenvalue weighted by Crippen LogP contribution is -2.36. The van der Waals surface area contributed by atoms with Crippen LogP contribution in [0.3, 0.4) is 0 Å². The Kier molecular flexibility index (Phi) is 6.52. The van der Waals surface area contributed by atoms with Crippen molar-refractivity contribution in [2.45, 2.75) is 6.54 Å². The lowest BCUT2D eigenvalue weighted by molar-refractivity contribution is 0.0950. The molecule has 0 aliphatic carbocycles. The Morgan fingerprint density at radius 3 is 2.52 bits per heavy atom. The number of carbonyl (C=O) groups excluding carboxylic acids is 1. The van der Waals surface area contributed by atoms with Crippen LogP contribution in [0, 0.1) is 0 Å². The van der Waals surface area contributed by atoms with Crippen LogP contribution in [-0.4, -0.2) is 51.4 Å². The fraction of sp³-hybridized carbons (Fsp3) is 0.368. The fourth-order valence-electron chi connectivity index (χ4n) is 2.82. The second-order valence-corrected chi connectivity index (χ2v) is 6.79. The van der Waals surface area contributed by atoms with Crippen molar-refractivity contribution in [1.29, 1.82) is 0 Å². The van der Waals surface area contributed by atoms with E-state index < -0.39 is 0 Å². The molecule has 144 valence electrons. The summed E-state index contributed by atoms with van der Waals surface area (Å²) < 4.78 is 16.6. The van der Waals surface area contributed by atoms with Crippen molar-refractivity contribution in [2.24, 2.45) is 0 Å². The van der Waals surface area contributed by atoms with Crippen molar-refractivity contribution in [3.05, 3.63) is 46.1 Å². The number of methoxy groups -OCH3 is 2. The number of morpholine rings is 1. The number of benzene rings is 1. The Labute approximate surface area is 166 Å². The normalized spacial score (nSPS) is 14.0. The Morgan fingerprint density at radius 2 is 1.89 bits per heavy atom. The maximum Gasteiger partial charge on any atom is 0.251 e. The summed E-state index contributed by atoms with van der Waals surface area (Å²) in [6, 6.07) is 7.24. The number of hydrogen-bond acceptors (Lipinski definition) is 6. The van der Waals surface area contributed by atoms with Crippen molar-refractivity contribution in [3.63, 3.8) is 0 Å². The van der Waals surface area contributed by atoms with Gasteiger partial charge in [0.1, 0.15) is 21.8 Å². The summed E-state index contributed by atoms with van der Waals surface area (Å²) in [5.41, 5.74) is 1.45. The third-order valence-corrected chi connectivity index (χ3v) is 5.09. The number of halogens is 1. The van der Waals surface area contributed by atoms with Crippen LogP contribution in [0.25, 0.3) is 0 Å². The predicted molar refractivity (Wildman–Crippen MR) is 106 cm³/mol. The molecule has 1 N–H and O–H groups in total. The number of rotatable bonds is 6. The van der Waals surface area contributed by atoms with Crippen molar-refractivity contribution < 1.29 is 19.0 Å². The van der Waals surface area contributed by atoms with Crippen LogP contribution >= 0.6 is 15.9 Å². The van der Waals surface area contributed by atoms with Crippen LogP contribution in [-0.2, 0) is 11.3 Å². The molecule has 0 spiro atoms. The summed E-state index contributed by atoms with van der Waals surface area (Å²) in [5, 5.41) is 2.93. The monoisotopic (exact) mass is 435 g/mol. The van der Waals surface area contributed by atoms with Crippen LogP contribution in [0.1, 0.15) is 15.9 Å². The second kappa shape index (κ2) is 9.05. The first kappa shape index (κ1) is 19.4. The molecule has 27 heavy (non-hydrogen) atoms. The molecule has 0 bridgehead atoms. The van der Waals surface area contributed by atoms with E-state index in [9.17, 15) is 4.79 Å². The molecule has 0 unspecified atom stereocenters. The van der Waals surface area contributed by atoms with Crippen LogP contribution in [0.5, 0.6) is 11.5 Å². The van der Waals surface area contributed by atoms with Gasteiger partial charge in [0, 0.05) is 31.4 Å². The quantitative estimate of drug-likeness (QED) is 0.751. The Morgan fingerprint density at radius 1 is 1.22 bits per heavy atom. The second-order valence-electron chi connectivity index (χ2n) is 6.00. The smallest absolute Gasteiger partial charge is 0.251 e. The van der Waals surface area contributed by atoms with Gasteiger partial charge in [0.25, 0.3) is 5.91 Å². The maximum atomic E-state index is 12.6. The highest BCUT2D eigenvalue weighted by Gasteiger charge is 2.15. The van der Waals surface area contributed by atoms with E-state index in [4.69, 9.17) is 14.2 Å². The van der Waals surface area contributed by atoms with Crippen molar-refractivity contribution >= 4 is 27.7 Å². The van der Waals surface area contributed by atoms with Gasteiger partial charge in [-0.2, -0.15) is 0 Å². The van der Waals surface area contributed by atoms with Crippen LogP contribution in [0.4, 0.5) is 5.82 Å². The van der Waals surface area contributed by atoms with Gasteiger partial charge in [0.15, 0.2) is 0 Å². The number of nitrogens with one attached hydrogen (secondary N) is 1. The first-order chi connectivity index (χ1) is 13.1. The van der Waals surface area contributed by atoms with Crippen molar-refractivity contribution in [3.8, 4) is 11.5 Å². The highest BCUT2D eigenvalue weighted by Crippen LogP contribution is 2.35. The van der Waals surface area contributed by atoms with E-state index in [0.29, 0.717) is 41.3 Å². The zero-order valence-electron chi connectivity index (χ0n) is 15.3. The van der Waals surface area contributed by atoms with Gasteiger partial charge in [0.2, 0.25) is 0 Å². The largest absolute Gasteiger partial charge is 0.495 e. The summed E-state index contributed by atoms with van der Waals surface area (Å²) in [6.45, 7) is 3.45. The van der Waals surface area contributed by atoms with Gasteiger partial charge in [-0.3, -0.25) is 4.79 Å². The average molecular weight is 436 g/mol. The number of pyridine rings is 1. The van der Waals surface area contributed by atoms with E-state index >= 15 is 0 Å². The van der Waals surface area contributed by atoms with E-state index in [-0.39, 0.29) is 5.91 Å². The fourth-order valence-corrected chi connectivity index (χ4v) is 3.37. The number of carbonyl (C=O) groups is 1. The third kappa shape index (κ3) is 4.70. The zero-order valence-corrected chi connectivity index (χ0v) is 16.9. The van der Waals surface area contributed by atoms with Crippen LogP contribution in [0.15, 0.2) is 34.9 Å². The molecule has 2 aromatic rings. The van der Waals surface area contributed by atoms with E-state index in [1.807, 2.05) is 12.1 Å². The third-order valence-electron chi connectivity index (χ3n) is 4.31. The molecule has 1 aliphatic heterocycles. The van der Waals surface area contributed by atoms with Gasteiger partial charge in [-0.1, -0.05) is 0 Å². The molecule has 1 aromatic heterocycles. The summed E-state index contributed by atoms with van der Waals surface area (Å²) >= 11 is 3.40. The minimum Gasteiger partial charge on any atom is -0.495 e. The molecule has 1 fully saturated rings. The number of nitrogens with zero attached hydrogens (tertiary/aromatic N) is 2. The van der Waals surface area contributed by atoms with E-state index in [1.165, 1.54) is 0 Å². The van der Waals surface area contributed by atoms with E-state index in [0.717, 1.165) is 24.5 Å². The van der Waals surface area contributed by atoms with E-state index in [1.54, 1.807) is 32.5 Å². The summed E-state index contributed by atoms with van der Waals surface area (Å²) in [4.78, 5) is 19.2.